The summed E-state index contributed by atoms with van der Waals surface area (Å²) in [6.45, 7) is 3.53. The van der Waals surface area contributed by atoms with Crippen LogP contribution in [0.25, 0.3) is 0 Å². The van der Waals surface area contributed by atoms with E-state index >= 15 is 0 Å². The van der Waals surface area contributed by atoms with E-state index in [2.05, 4.69) is 21.2 Å². The Morgan fingerprint density at radius 2 is 1.92 bits per heavy atom. The zero-order chi connectivity index (χ0) is 18.9. The zero-order valence-corrected chi connectivity index (χ0v) is 16.1. The minimum Gasteiger partial charge on any atom is -0.490 e. The molecule has 0 heterocycles. The van der Waals surface area contributed by atoms with Crippen molar-refractivity contribution in [1.29, 1.82) is 0 Å². The van der Waals surface area contributed by atoms with Crippen LogP contribution in [-0.4, -0.2) is 25.7 Å². The van der Waals surface area contributed by atoms with E-state index in [1.165, 1.54) is 12.1 Å². The first-order valence-corrected chi connectivity index (χ1v) is 9.10. The third-order valence-corrected chi connectivity index (χ3v) is 4.15. The van der Waals surface area contributed by atoms with Crippen LogP contribution in [0, 0.1) is 5.82 Å². The minimum absolute atomic E-state index is 0.214. The van der Waals surface area contributed by atoms with Crippen molar-refractivity contribution < 1.29 is 18.7 Å². The Balaban J connectivity index is 1.95. The maximum Gasteiger partial charge on any atom is 0.255 e. The van der Waals surface area contributed by atoms with Gasteiger partial charge in [0.05, 0.1) is 11.1 Å². The van der Waals surface area contributed by atoms with E-state index in [4.69, 9.17) is 15.2 Å². The fourth-order valence-corrected chi connectivity index (χ4v) is 2.99. The Labute approximate surface area is 160 Å². The summed E-state index contributed by atoms with van der Waals surface area (Å²) in [5.41, 5.74) is 7.21. The lowest BCUT2D eigenvalue weighted by Crippen LogP contribution is -2.20. The van der Waals surface area contributed by atoms with Crippen LogP contribution in [0.15, 0.2) is 40.9 Å². The Kier molecular flexibility index (Phi) is 7.87. The van der Waals surface area contributed by atoms with Crippen LogP contribution < -0.4 is 20.5 Å². The molecule has 0 saturated carbocycles. The molecule has 0 unspecified atom stereocenters. The number of primary amides is 1. The average molecular weight is 425 g/mol. The van der Waals surface area contributed by atoms with Gasteiger partial charge in [-0.3, -0.25) is 4.79 Å². The van der Waals surface area contributed by atoms with Gasteiger partial charge in [-0.1, -0.05) is 12.1 Å². The van der Waals surface area contributed by atoms with Gasteiger partial charge in [-0.15, -0.1) is 0 Å². The lowest BCUT2D eigenvalue weighted by Gasteiger charge is -2.15. The monoisotopic (exact) mass is 424 g/mol. The molecule has 2 aromatic carbocycles. The molecule has 2 aromatic rings. The molecule has 5 nitrogen and oxygen atoms in total. The van der Waals surface area contributed by atoms with Crippen LogP contribution in [0.2, 0.25) is 0 Å². The second-order valence-corrected chi connectivity index (χ2v) is 6.50. The van der Waals surface area contributed by atoms with E-state index < -0.39 is 5.91 Å². The quantitative estimate of drug-likeness (QED) is 0.574. The number of carbonyl (C=O) groups excluding carboxylic acids is 1. The third-order valence-electron chi connectivity index (χ3n) is 3.56. The molecular weight excluding hydrogens is 403 g/mol. The number of hydrogen-bond acceptors (Lipinski definition) is 4. The lowest BCUT2D eigenvalue weighted by atomic mass is 10.1. The van der Waals surface area contributed by atoms with Gasteiger partial charge in [0.25, 0.3) is 5.91 Å². The molecule has 26 heavy (non-hydrogen) atoms. The number of halogens is 2. The van der Waals surface area contributed by atoms with Crippen molar-refractivity contribution in [2.24, 2.45) is 5.73 Å². The fraction of sp³-hybridized carbons (Fsp3) is 0.316. The number of benzene rings is 2. The Morgan fingerprint density at radius 3 is 2.58 bits per heavy atom. The van der Waals surface area contributed by atoms with Crippen molar-refractivity contribution in [3.63, 3.8) is 0 Å². The first-order valence-electron chi connectivity index (χ1n) is 8.31. The van der Waals surface area contributed by atoms with Gasteiger partial charge in [-0.05, 0) is 71.2 Å². The molecule has 0 radical (unpaired) electrons. The maximum atomic E-state index is 12.9. The van der Waals surface area contributed by atoms with Gasteiger partial charge in [-0.25, -0.2) is 4.39 Å². The molecule has 0 aromatic heterocycles. The predicted molar refractivity (Wildman–Crippen MR) is 102 cm³/mol. The maximum absolute atomic E-state index is 12.9. The number of nitrogens with two attached hydrogens (primary N) is 1. The highest BCUT2D eigenvalue weighted by atomic mass is 79.9. The van der Waals surface area contributed by atoms with Gasteiger partial charge in [0.15, 0.2) is 18.1 Å². The van der Waals surface area contributed by atoms with Crippen molar-refractivity contribution >= 4 is 21.8 Å². The summed E-state index contributed by atoms with van der Waals surface area (Å²) in [6.07, 6.45) is 0.805. The van der Waals surface area contributed by atoms with E-state index in [0.29, 0.717) is 29.1 Å². The van der Waals surface area contributed by atoms with E-state index in [-0.39, 0.29) is 12.4 Å². The van der Waals surface area contributed by atoms with E-state index in [1.807, 2.05) is 19.1 Å². The van der Waals surface area contributed by atoms with E-state index in [1.54, 1.807) is 12.1 Å². The van der Waals surface area contributed by atoms with Gasteiger partial charge in [-0.2, -0.15) is 0 Å². The summed E-state index contributed by atoms with van der Waals surface area (Å²) < 4.78 is 24.6. The molecule has 0 saturated heterocycles. The first kappa shape index (κ1) is 20.2. The number of nitrogens with one attached hydrogen (secondary N) is 1. The van der Waals surface area contributed by atoms with Crippen molar-refractivity contribution in [3.05, 3.63) is 57.8 Å². The molecule has 1 amide bonds. The SMILES string of the molecule is CCOc1cc(CNCCc2ccc(F)cc2)cc(Br)c1OCC(N)=O. The highest BCUT2D eigenvalue weighted by Gasteiger charge is 2.13. The van der Waals surface area contributed by atoms with Crippen LogP contribution in [0.1, 0.15) is 18.1 Å². The number of ether oxygens (including phenoxy) is 2. The molecule has 0 atom stereocenters. The topological polar surface area (TPSA) is 73.6 Å². The van der Waals surface area contributed by atoms with Crippen LogP contribution >= 0.6 is 15.9 Å². The molecule has 0 spiro atoms. The van der Waals surface area contributed by atoms with Gasteiger partial charge in [0.2, 0.25) is 0 Å². The van der Waals surface area contributed by atoms with Gasteiger partial charge < -0.3 is 20.5 Å². The molecule has 0 aliphatic heterocycles. The number of amides is 1. The summed E-state index contributed by atoms with van der Waals surface area (Å²) in [7, 11) is 0. The molecule has 0 aliphatic rings. The predicted octanol–water partition coefficient (Wildman–Crippen LogP) is 3.18. The van der Waals surface area contributed by atoms with Gasteiger partial charge in [0, 0.05) is 6.54 Å². The number of rotatable bonds is 10. The lowest BCUT2D eigenvalue weighted by molar-refractivity contribution is -0.119. The van der Waals surface area contributed by atoms with Gasteiger partial charge in [0.1, 0.15) is 5.82 Å². The van der Waals surface area contributed by atoms with Gasteiger partial charge >= 0.3 is 0 Å². The summed E-state index contributed by atoms with van der Waals surface area (Å²) >= 11 is 3.45. The second-order valence-electron chi connectivity index (χ2n) is 5.65. The molecule has 0 fully saturated rings. The minimum atomic E-state index is -0.550. The van der Waals surface area contributed by atoms with E-state index in [0.717, 1.165) is 24.1 Å². The third kappa shape index (κ3) is 6.31. The number of hydrogen-bond donors (Lipinski definition) is 2. The van der Waals surface area contributed by atoms with Crippen LogP contribution in [-0.2, 0) is 17.8 Å². The molecule has 7 heteroatoms. The fourth-order valence-electron chi connectivity index (χ4n) is 2.39. The van der Waals surface area contributed by atoms with Crippen molar-refractivity contribution in [2.45, 2.75) is 19.9 Å². The largest absolute Gasteiger partial charge is 0.490 e. The highest BCUT2D eigenvalue weighted by Crippen LogP contribution is 2.36. The molecule has 3 N–H and O–H groups in total. The van der Waals surface area contributed by atoms with Crippen molar-refractivity contribution in [1.82, 2.24) is 5.32 Å². The smallest absolute Gasteiger partial charge is 0.255 e. The standard InChI is InChI=1S/C19H22BrFN2O3/c1-2-25-17-10-14(9-16(20)19(17)26-12-18(22)24)11-23-8-7-13-3-5-15(21)6-4-13/h3-6,9-10,23H,2,7-8,11-12H2,1H3,(H2,22,24). The van der Waals surface area contributed by atoms with Crippen LogP contribution in [0.3, 0.4) is 0 Å². The summed E-state index contributed by atoms with van der Waals surface area (Å²) in [6, 6.07) is 10.3. The summed E-state index contributed by atoms with van der Waals surface area (Å²) in [5.74, 6) is 0.235. The normalized spacial score (nSPS) is 10.6. The Hall–Kier alpha value is -2.12. The van der Waals surface area contributed by atoms with Crippen molar-refractivity contribution in [2.75, 3.05) is 19.8 Å². The van der Waals surface area contributed by atoms with E-state index in [9.17, 15) is 9.18 Å². The van der Waals surface area contributed by atoms with Crippen LogP contribution in [0.5, 0.6) is 11.5 Å². The first-order chi connectivity index (χ1) is 12.5. The summed E-state index contributed by atoms with van der Waals surface area (Å²) in [5, 5.41) is 3.35. The molecule has 0 bridgehead atoms. The molecule has 0 aliphatic carbocycles. The van der Waals surface area contributed by atoms with Crippen molar-refractivity contribution in [3.8, 4) is 11.5 Å². The van der Waals surface area contributed by atoms with Crippen LogP contribution in [0.4, 0.5) is 4.39 Å². The average Bonchev–Trinajstić information content (AvgIpc) is 2.59. The second kappa shape index (κ2) is 10.1. The molecular formula is C19H22BrFN2O3. The Bertz CT molecular complexity index is 738. The molecule has 140 valence electrons. The number of carbonyl (C=O) groups is 1. The zero-order valence-electron chi connectivity index (χ0n) is 14.6. The Morgan fingerprint density at radius 1 is 1.19 bits per heavy atom. The highest BCUT2D eigenvalue weighted by molar-refractivity contribution is 9.10. The summed E-state index contributed by atoms with van der Waals surface area (Å²) in [4.78, 5) is 10.9. The molecule has 2 rings (SSSR count).